The van der Waals surface area contributed by atoms with Crippen LogP contribution in [0.2, 0.25) is 0 Å². The molecule has 1 aromatic carbocycles. The molecule has 1 aromatic heterocycles. The zero-order valence-corrected chi connectivity index (χ0v) is 17.6. The Morgan fingerprint density at radius 2 is 2.00 bits per heavy atom. The first kappa shape index (κ1) is 22.3. The van der Waals surface area contributed by atoms with E-state index < -0.39 is 17.7 Å². The van der Waals surface area contributed by atoms with Crippen LogP contribution in [0.15, 0.2) is 33.5 Å². The molecule has 0 saturated carbocycles. The first-order valence-corrected chi connectivity index (χ1v) is 10.4. The van der Waals surface area contributed by atoms with Crippen molar-refractivity contribution in [2.24, 2.45) is 5.92 Å². The van der Waals surface area contributed by atoms with Gasteiger partial charge in [0.15, 0.2) is 0 Å². The molecule has 31 heavy (non-hydrogen) atoms. The van der Waals surface area contributed by atoms with Gasteiger partial charge in [-0.05, 0) is 31.9 Å². The number of hydrogen-bond donors (Lipinski definition) is 1. The number of nitrogens with zero attached hydrogens (tertiary/aromatic N) is 1. The molecule has 0 spiro atoms. The van der Waals surface area contributed by atoms with Crippen LogP contribution in [0.25, 0.3) is 11.0 Å². The van der Waals surface area contributed by atoms with Gasteiger partial charge in [-0.15, -0.1) is 0 Å². The van der Waals surface area contributed by atoms with E-state index in [9.17, 15) is 19.2 Å². The number of likely N-dealkylation sites (tertiary alicyclic amines) is 1. The van der Waals surface area contributed by atoms with E-state index >= 15 is 0 Å². The van der Waals surface area contributed by atoms with Crippen LogP contribution in [-0.2, 0) is 25.7 Å². The topological polar surface area (TPSA) is 115 Å². The normalized spacial score (nSPS) is 16.1. The zero-order valence-electron chi connectivity index (χ0n) is 17.6. The van der Waals surface area contributed by atoms with E-state index in [0.717, 1.165) is 6.42 Å². The molecule has 2 heterocycles. The molecule has 1 aliphatic rings. The molecule has 9 nitrogen and oxygen atoms in total. The van der Waals surface area contributed by atoms with Crippen molar-refractivity contribution >= 4 is 34.6 Å². The fourth-order valence-corrected chi connectivity index (χ4v) is 3.60. The summed E-state index contributed by atoms with van der Waals surface area (Å²) in [7, 11) is 0. The summed E-state index contributed by atoms with van der Waals surface area (Å²) in [6.07, 6.45) is 1.20. The van der Waals surface area contributed by atoms with Crippen LogP contribution in [0.5, 0.6) is 0 Å². The van der Waals surface area contributed by atoms with Gasteiger partial charge in [-0.2, -0.15) is 0 Å². The summed E-state index contributed by atoms with van der Waals surface area (Å²) in [4.78, 5) is 49.7. The Morgan fingerprint density at radius 1 is 1.19 bits per heavy atom. The first-order chi connectivity index (χ1) is 14.9. The van der Waals surface area contributed by atoms with Gasteiger partial charge in [0, 0.05) is 48.3 Å². The highest BCUT2D eigenvalue weighted by Gasteiger charge is 2.29. The SMILES string of the molecule is CCOC(=O)Nc1ccc2c(COC(=O)C3CCCN(C(=O)CC)C3)cc(=O)oc2c1. The number of esters is 1. The van der Waals surface area contributed by atoms with Crippen LogP contribution in [0, 0.1) is 5.92 Å². The van der Waals surface area contributed by atoms with Gasteiger partial charge in [0.05, 0.1) is 12.5 Å². The van der Waals surface area contributed by atoms with Crippen molar-refractivity contribution in [3.8, 4) is 0 Å². The number of fused-ring (bicyclic) bond motifs is 1. The van der Waals surface area contributed by atoms with E-state index in [1.54, 1.807) is 30.9 Å². The molecule has 3 rings (SSSR count). The zero-order chi connectivity index (χ0) is 22.4. The molecule has 1 atom stereocenters. The Balaban J connectivity index is 1.71. The monoisotopic (exact) mass is 430 g/mol. The Kier molecular flexibility index (Phi) is 7.28. The van der Waals surface area contributed by atoms with Crippen LogP contribution >= 0.6 is 0 Å². The second kappa shape index (κ2) is 10.1. The summed E-state index contributed by atoms with van der Waals surface area (Å²) >= 11 is 0. The Morgan fingerprint density at radius 3 is 2.74 bits per heavy atom. The number of nitrogens with one attached hydrogen (secondary N) is 1. The fraction of sp³-hybridized carbons (Fsp3) is 0.455. The lowest BCUT2D eigenvalue weighted by molar-refractivity contribution is -0.153. The van der Waals surface area contributed by atoms with E-state index in [2.05, 4.69) is 5.32 Å². The first-order valence-electron chi connectivity index (χ1n) is 10.4. The van der Waals surface area contributed by atoms with Gasteiger partial charge in [0.25, 0.3) is 0 Å². The minimum Gasteiger partial charge on any atom is -0.461 e. The summed E-state index contributed by atoms with van der Waals surface area (Å²) in [5, 5.41) is 3.14. The molecule has 0 radical (unpaired) electrons. The van der Waals surface area contributed by atoms with Gasteiger partial charge in [-0.25, -0.2) is 9.59 Å². The summed E-state index contributed by atoms with van der Waals surface area (Å²) < 4.78 is 15.5. The van der Waals surface area contributed by atoms with Crippen molar-refractivity contribution in [1.29, 1.82) is 0 Å². The van der Waals surface area contributed by atoms with E-state index in [1.807, 2.05) is 0 Å². The lowest BCUT2D eigenvalue weighted by atomic mass is 9.98. The summed E-state index contributed by atoms with van der Waals surface area (Å²) in [5.41, 5.74) is 0.570. The molecule has 1 fully saturated rings. The maximum atomic E-state index is 12.6. The number of anilines is 1. The van der Waals surface area contributed by atoms with Gasteiger partial charge in [0.1, 0.15) is 12.2 Å². The smallest absolute Gasteiger partial charge is 0.411 e. The van der Waals surface area contributed by atoms with Crippen LogP contribution in [0.4, 0.5) is 10.5 Å². The highest BCUT2D eigenvalue weighted by atomic mass is 16.5. The molecule has 1 N–H and O–H groups in total. The third-order valence-corrected chi connectivity index (χ3v) is 5.13. The van der Waals surface area contributed by atoms with Crippen LogP contribution < -0.4 is 10.9 Å². The molecule has 1 aliphatic heterocycles. The molecule has 2 aromatic rings. The molecule has 2 amide bonds. The van der Waals surface area contributed by atoms with Gasteiger partial charge >= 0.3 is 17.7 Å². The largest absolute Gasteiger partial charge is 0.461 e. The molecule has 9 heteroatoms. The Labute approximate surface area is 179 Å². The molecular weight excluding hydrogens is 404 g/mol. The molecule has 166 valence electrons. The minimum absolute atomic E-state index is 0.0244. The molecule has 1 saturated heterocycles. The van der Waals surface area contributed by atoms with Crippen molar-refractivity contribution < 1.29 is 28.3 Å². The quantitative estimate of drug-likeness (QED) is 0.553. The average Bonchev–Trinajstić information content (AvgIpc) is 2.76. The average molecular weight is 430 g/mol. The number of benzene rings is 1. The van der Waals surface area contributed by atoms with E-state index in [4.69, 9.17) is 13.9 Å². The minimum atomic E-state index is -0.614. The Hall–Kier alpha value is -3.36. The predicted molar refractivity (Wildman–Crippen MR) is 113 cm³/mol. The lowest BCUT2D eigenvalue weighted by Gasteiger charge is -2.31. The predicted octanol–water partition coefficient (Wildman–Crippen LogP) is 3.05. The van der Waals surface area contributed by atoms with Crippen molar-refractivity contribution in [3.05, 3.63) is 40.2 Å². The second-order valence-corrected chi connectivity index (χ2v) is 7.29. The van der Waals surface area contributed by atoms with Crippen molar-refractivity contribution in [1.82, 2.24) is 4.90 Å². The van der Waals surface area contributed by atoms with E-state index in [1.165, 1.54) is 12.1 Å². The van der Waals surface area contributed by atoms with E-state index in [0.29, 0.717) is 42.6 Å². The number of carbonyl (C=O) groups excluding carboxylic acids is 3. The second-order valence-electron chi connectivity index (χ2n) is 7.29. The van der Waals surface area contributed by atoms with E-state index in [-0.39, 0.29) is 30.6 Å². The van der Waals surface area contributed by atoms with Crippen LogP contribution in [0.3, 0.4) is 0 Å². The number of amides is 2. The molecular formula is C22H26N2O7. The number of ether oxygens (including phenoxy) is 2. The standard InChI is InChI=1S/C22H26N2O7/c1-3-19(25)24-9-5-6-14(12-24)21(27)30-13-15-10-20(26)31-18-11-16(7-8-17(15)18)23-22(28)29-4-2/h7-8,10-11,14H,3-6,9,12-13H2,1-2H3,(H,23,28). The highest BCUT2D eigenvalue weighted by molar-refractivity contribution is 5.90. The fourth-order valence-electron chi connectivity index (χ4n) is 3.60. The van der Waals surface area contributed by atoms with Crippen molar-refractivity contribution in [2.75, 3.05) is 25.0 Å². The van der Waals surface area contributed by atoms with Gasteiger partial charge in [-0.1, -0.05) is 6.92 Å². The van der Waals surface area contributed by atoms with Gasteiger partial charge < -0.3 is 18.8 Å². The maximum absolute atomic E-state index is 12.6. The van der Waals surface area contributed by atoms with Crippen molar-refractivity contribution in [2.45, 2.75) is 39.7 Å². The Bertz CT molecular complexity index is 1030. The maximum Gasteiger partial charge on any atom is 0.411 e. The number of hydrogen-bond acceptors (Lipinski definition) is 7. The number of rotatable bonds is 6. The summed E-state index contributed by atoms with van der Waals surface area (Å²) in [5.74, 6) is -0.747. The third-order valence-electron chi connectivity index (χ3n) is 5.13. The third kappa shape index (κ3) is 5.62. The van der Waals surface area contributed by atoms with Crippen molar-refractivity contribution in [3.63, 3.8) is 0 Å². The summed E-state index contributed by atoms with van der Waals surface area (Å²) in [6, 6.07) is 6.10. The molecule has 0 aliphatic carbocycles. The highest BCUT2D eigenvalue weighted by Crippen LogP contribution is 2.24. The molecule has 1 unspecified atom stereocenters. The summed E-state index contributed by atoms with van der Waals surface area (Å²) in [6.45, 7) is 4.64. The van der Waals surface area contributed by atoms with Crippen LogP contribution in [0.1, 0.15) is 38.7 Å². The number of piperidine rings is 1. The van der Waals surface area contributed by atoms with Gasteiger partial charge in [0.2, 0.25) is 5.91 Å². The lowest BCUT2D eigenvalue weighted by Crippen LogP contribution is -2.42. The van der Waals surface area contributed by atoms with Gasteiger partial charge in [-0.3, -0.25) is 14.9 Å². The molecule has 0 bridgehead atoms. The van der Waals surface area contributed by atoms with Crippen LogP contribution in [-0.4, -0.2) is 42.6 Å². The number of carbonyl (C=O) groups is 3.